The topological polar surface area (TPSA) is 77.9 Å². The Hall–Kier alpha value is -1.10. The van der Waals surface area contributed by atoms with Gasteiger partial charge in [-0.2, -0.15) is 0 Å². The summed E-state index contributed by atoms with van der Waals surface area (Å²) in [6, 6.07) is 5.99. The van der Waals surface area contributed by atoms with Crippen LogP contribution in [0.25, 0.3) is 0 Å². The zero-order chi connectivity index (χ0) is 19.3. The van der Waals surface area contributed by atoms with Gasteiger partial charge >= 0.3 is 0 Å². The zero-order valence-corrected chi connectivity index (χ0v) is 19.9. The highest BCUT2D eigenvalue weighted by atomic mass is 127. The molecule has 1 atom stereocenters. The molecule has 0 bridgehead atoms. The molecule has 0 aromatic carbocycles. The molecule has 1 aromatic rings. The van der Waals surface area contributed by atoms with E-state index >= 15 is 0 Å². The van der Waals surface area contributed by atoms with E-state index in [1.54, 1.807) is 0 Å². The lowest BCUT2D eigenvalue weighted by Crippen LogP contribution is -2.53. The molecule has 1 N–H and O–H groups in total. The number of guanidine groups is 1. The maximum absolute atomic E-state index is 11.7. The first-order valence-electron chi connectivity index (χ1n) is 9.82. The molecule has 7 nitrogen and oxygen atoms in total. The molecule has 1 unspecified atom stereocenters. The smallest absolute Gasteiger partial charge is 0.194 e. The van der Waals surface area contributed by atoms with Gasteiger partial charge in [0, 0.05) is 45.5 Å². The first-order valence-corrected chi connectivity index (χ1v) is 11.6. The predicted molar refractivity (Wildman–Crippen MR) is 125 cm³/mol. The highest BCUT2D eigenvalue weighted by molar-refractivity contribution is 14.0. The van der Waals surface area contributed by atoms with Crippen LogP contribution in [0.1, 0.15) is 20.3 Å². The molecular formula is C19H32IN5O2S. The van der Waals surface area contributed by atoms with Crippen molar-refractivity contribution in [2.75, 3.05) is 55.7 Å². The average molecular weight is 521 g/mol. The quantitative estimate of drug-likeness (QED) is 0.362. The zero-order valence-electron chi connectivity index (χ0n) is 16.7. The van der Waals surface area contributed by atoms with Gasteiger partial charge in [0.25, 0.3) is 0 Å². The Labute approximate surface area is 185 Å². The summed E-state index contributed by atoms with van der Waals surface area (Å²) >= 11 is 0. The molecule has 2 saturated heterocycles. The third-order valence-corrected chi connectivity index (χ3v) is 6.87. The number of piperazine rings is 1. The van der Waals surface area contributed by atoms with E-state index in [9.17, 15) is 8.42 Å². The van der Waals surface area contributed by atoms with E-state index in [2.05, 4.69) is 33.9 Å². The van der Waals surface area contributed by atoms with E-state index in [0.29, 0.717) is 24.0 Å². The van der Waals surface area contributed by atoms with Gasteiger partial charge in [-0.1, -0.05) is 19.9 Å². The molecule has 9 heteroatoms. The molecule has 2 aliphatic rings. The summed E-state index contributed by atoms with van der Waals surface area (Å²) in [6.07, 6.45) is 2.58. The van der Waals surface area contributed by atoms with Crippen molar-refractivity contribution in [2.45, 2.75) is 20.3 Å². The number of anilines is 1. The summed E-state index contributed by atoms with van der Waals surface area (Å²) in [5, 5.41) is 3.46. The van der Waals surface area contributed by atoms with E-state index in [-0.39, 0.29) is 29.9 Å². The second-order valence-corrected chi connectivity index (χ2v) is 10.1. The number of hydrogen-bond acceptors (Lipinski definition) is 5. The lowest BCUT2D eigenvalue weighted by atomic mass is 10.1. The fraction of sp³-hybridized carbons (Fsp3) is 0.684. The van der Waals surface area contributed by atoms with Gasteiger partial charge in [-0.3, -0.25) is 4.99 Å². The van der Waals surface area contributed by atoms with Crippen molar-refractivity contribution in [3.63, 3.8) is 0 Å². The van der Waals surface area contributed by atoms with Crippen molar-refractivity contribution in [1.82, 2.24) is 15.2 Å². The third-order valence-electron chi connectivity index (χ3n) is 5.03. The van der Waals surface area contributed by atoms with Crippen LogP contribution >= 0.6 is 24.0 Å². The van der Waals surface area contributed by atoms with Crippen molar-refractivity contribution < 1.29 is 8.42 Å². The molecule has 3 rings (SSSR count). The molecule has 0 amide bonds. The Bertz CT molecular complexity index is 734. The fourth-order valence-corrected chi connectivity index (χ4v) is 5.36. The normalized spacial score (nSPS) is 22.2. The molecule has 0 radical (unpaired) electrons. The van der Waals surface area contributed by atoms with Gasteiger partial charge in [0.2, 0.25) is 0 Å². The molecule has 0 saturated carbocycles. The van der Waals surface area contributed by atoms with Crippen LogP contribution < -0.4 is 10.2 Å². The summed E-state index contributed by atoms with van der Waals surface area (Å²) in [6.45, 7) is 9.32. The summed E-state index contributed by atoms with van der Waals surface area (Å²) in [4.78, 5) is 13.8. The SMILES string of the molecule is CC(C)CN=C(NCC1CCS(=O)(=O)C1)N1CCN(c2ccccn2)CC1.I. The van der Waals surface area contributed by atoms with E-state index < -0.39 is 9.84 Å². The molecular weight excluding hydrogens is 489 g/mol. The van der Waals surface area contributed by atoms with Gasteiger partial charge in [0.05, 0.1) is 11.5 Å². The Kier molecular flexibility index (Phi) is 8.79. The molecule has 2 aliphatic heterocycles. The average Bonchev–Trinajstić information content (AvgIpc) is 3.01. The second-order valence-electron chi connectivity index (χ2n) is 7.87. The first-order chi connectivity index (χ1) is 12.9. The molecule has 0 aliphatic carbocycles. The van der Waals surface area contributed by atoms with Crippen molar-refractivity contribution in [2.24, 2.45) is 16.8 Å². The van der Waals surface area contributed by atoms with Crippen molar-refractivity contribution >= 4 is 45.6 Å². The Morgan fingerprint density at radius 3 is 2.61 bits per heavy atom. The van der Waals surface area contributed by atoms with Crippen LogP contribution in [0.15, 0.2) is 29.4 Å². The van der Waals surface area contributed by atoms with Crippen molar-refractivity contribution in [3.05, 3.63) is 24.4 Å². The highest BCUT2D eigenvalue weighted by Gasteiger charge is 2.28. The van der Waals surface area contributed by atoms with Crippen LogP contribution in [-0.4, -0.2) is 75.0 Å². The molecule has 2 fully saturated rings. The van der Waals surface area contributed by atoms with Gasteiger partial charge in [0.15, 0.2) is 15.8 Å². The van der Waals surface area contributed by atoms with Gasteiger partial charge in [0.1, 0.15) is 5.82 Å². The Morgan fingerprint density at radius 2 is 2.04 bits per heavy atom. The molecule has 0 spiro atoms. The van der Waals surface area contributed by atoms with Gasteiger partial charge in [-0.15, -0.1) is 24.0 Å². The first kappa shape index (κ1) is 23.2. The van der Waals surface area contributed by atoms with Crippen LogP contribution in [0.4, 0.5) is 5.82 Å². The number of pyridine rings is 1. The minimum Gasteiger partial charge on any atom is -0.356 e. The number of nitrogens with zero attached hydrogens (tertiary/aromatic N) is 4. The van der Waals surface area contributed by atoms with Crippen LogP contribution in [0.2, 0.25) is 0 Å². The highest BCUT2D eigenvalue weighted by Crippen LogP contribution is 2.18. The van der Waals surface area contributed by atoms with E-state index in [1.165, 1.54) is 0 Å². The third kappa shape index (κ3) is 6.75. The molecule has 3 heterocycles. The predicted octanol–water partition coefficient (Wildman–Crippen LogP) is 1.86. The monoisotopic (exact) mass is 521 g/mol. The van der Waals surface area contributed by atoms with E-state index in [0.717, 1.165) is 50.9 Å². The Morgan fingerprint density at radius 1 is 1.29 bits per heavy atom. The number of sulfone groups is 1. The summed E-state index contributed by atoms with van der Waals surface area (Å²) in [5.74, 6) is 3.22. The minimum atomic E-state index is -2.84. The van der Waals surface area contributed by atoms with Crippen LogP contribution in [0.3, 0.4) is 0 Å². The maximum Gasteiger partial charge on any atom is 0.194 e. The van der Waals surface area contributed by atoms with Gasteiger partial charge in [-0.25, -0.2) is 13.4 Å². The largest absolute Gasteiger partial charge is 0.356 e. The second kappa shape index (κ2) is 10.6. The number of hydrogen-bond donors (Lipinski definition) is 1. The fourth-order valence-electron chi connectivity index (χ4n) is 3.49. The van der Waals surface area contributed by atoms with Crippen LogP contribution in [-0.2, 0) is 9.84 Å². The number of nitrogens with one attached hydrogen (secondary N) is 1. The lowest BCUT2D eigenvalue weighted by molar-refractivity contribution is 0.366. The number of rotatable bonds is 5. The van der Waals surface area contributed by atoms with Gasteiger partial charge < -0.3 is 15.1 Å². The van der Waals surface area contributed by atoms with Gasteiger partial charge in [-0.05, 0) is 30.4 Å². The van der Waals surface area contributed by atoms with Crippen LogP contribution in [0.5, 0.6) is 0 Å². The molecule has 1 aromatic heterocycles. The standard InChI is InChI=1S/C19H31N5O2S.HI/c1-16(2)13-21-19(22-14-17-6-12-27(25,26)15-17)24-10-8-23(9-11-24)18-5-3-4-7-20-18;/h3-5,7,16-17H,6,8-15H2,1-2H3,(H,21,22);1H. The summed E-state index contributed by atoms with van der Waals surface area (Å²) in [7, 11) is -2.84. The van der Waals surface area contributed by atoms with Crippen molar-refractivity contribution in [3.8, 4) is 0 Å². The Balaban J connectivity index is 0.00000280. The van der Waals surface area contributed by atoms with Crippen molar-refractivity contribution in [1.29, 1.82) is 0 Å². The lowest BCUT2D eigenvalue weighted by Gasteiger charge is -2.37. The number of aromatic nitrogens is 1. The van der Waals surface area contributed by atoms with E-state index in [1.807, 2.05) is 24.4 Å². The minimum absolute atomic E-state index is 0. The maximum atomic E-state index is 11.7. The molecule has 158 valence electrons. The van der Waals surface area contributed by atoms with E-state index in [4.69, 9.17) is 4.99 Å². The van der Waals surface area contributed by atoms with Crippen LogP contribution in [0, 0.1) is 11.8 Å². The summed E-state index contributed by atoms with van der Waals surface area (Å²) < 4.78 is 23.4. The summed E-state index contributed by atoms with van der Waals surface area (Å²) in [5.41, 5.74) is 0. The molecule has 28 heavy (non-hydrogen) atoms. The number of aliphatic imine (C=N–C) groups is 1. The number of halogens is 1.